The van der Waals surface area contributed by atoms with Gasteiger partial charge in [0, 0.05) is 24.4 Å². The van der Waals surface area contributed by atoms with Crippen molar-refractivity contribution in [2.45, 2.75) is 18.2 Å². The molecular weight excluding hydrogens is 185 g/mol. The lowest BCUT2D eigenvalue weighted by Crippen LogP contribution is -2.27. The highest BCUT2D eigenvalue weighted by atomic mass is 19.1. The number of halogens is 1. The van der Waals surface area contributed by atoms with E-state index in [1.54, 1.807) is 18.3 Å². The van der Waals surface area contributed by atoms with Gasteiger partial charge in [-0.3, -0.25) is 4.98 Å². The van der Waals surface area contributed by atoms with Gasteiger partial charge in [0.25, 0.3) is 0 Å². The molecule has 1 rings (SSSR count). The van der Waals surface area contributed by atoms with Crippen molar-refractivity contribution < 1.29 is 14.6 Å². The summed E-state index contributed by atoms with van der Waals surface area (Å²) < 4.78 is 12.8. The van der Waals surface area contributed by atoms with Gasteiger partial charge >= 0.3 is 0 Å². The first kappa shape index (κ1) is 11.1. The molecule has 0 spiro atoms. The number of aromatic nitrogens is 1. The molecule has 1 aromatic rings. The molecule has 2 atom stereocenters. The van der Waals surface area contributed by atoms with Crippen LogP contribution in [0.4, 0.5) is 4.39 Å². The van der Waals surface area contributed by atoms with Crippen molar-refractivity contribution >= 4 is 0 Å². The van der Waals surface area contributed by atoms with Gasteiger partial charge in [-0.05, 0) is 13.0 Å². The highest BCUT2D eigenvalue weighted by molar-refractivity contribution is 5.19. The summed E-state index contributed by atoms with van der Waals surface area (Å²) in [5.74, 6) is 0. The lowest BCUT2D eigenvalue weighted by molar-refractivity contribution is 0.0318. The maximum atomic E-state index is 12.8. The van der Waals surface area contributed by atoms with E-state index in [9.17, 15) is 9.50 Å². The van der Waals surface area contributed by atoms with E-state index in [-0.39, 0.29) is 6.42 Å². The summed E-state index contributed by atoms with van der Waals surface area (Å²) >= 11 is 0. The summed E-state index contributed by atoms with van der Waals surface area (Å²) in [5, 5.41) is 18.3. The molecular formula is C10H13FNO2. The lowest BCUT2D eigenvalue weighted by atomic mass is 9.92. The number of alkyl halides is 1. The highest BCUT2D eigenvalue weighted by Gasteiger charge is 2.27. The number of nitrogens with zero attached hydrogens (tertiary/aromatic N) is 1. The number of hydrogen-bond donors (Lipinski definition) is 2. The Balaban J connectivity index is 2.75. The van der Waals surface area contributed by atoms with Gasteiger partial charge in [0.1, 0.15) is 6.17 Å². The number of hydrogen-bond acceptors (Lipinski definition) is 3. The molecule has 4 heteroatoms. The molecule has 0 saturated heterocycles. The van der Waals surface area contributed by atoms with E-state index in [2.05, 4.69) is 11.9 Å². The number of rotatable bonds is 4. The molecule has 1 aromatic heterocycles. The Morgan fingerprint density at radius 2 is 2.36 bits per heavy atom. The van der Waals surface area contributed by atoms with Gasteiger partial charge in [-0.15, -0.1) is 0 Å². The van der Waals surface area contributed by atoms with Crippen molar-refractivity contribution in [3.63, 3.8) is 0 Å². The van der Waals surface area contributed by atoms with Gasteiger partial charge in [0.15, 0.2) is 0 Å². The van der Waals surface area contributed by atoms with Crippen LogP contribution in [0.15, 0.2) is 24.5 Å². The molecule has 1 heterocycles. The Morgan fingerprint density at radius 1 is 1.64 bits per heavy atom. The van der Waals surface area contributed by atoms with Gasteiger partial charge in [0.2, 0.25) is 0 Å². The molecule has 1 radical (unpaired) electrons. The van der Waals surface area contributed by atoms with Crippen molar-refractivity contribution in [3.05, 3.63) is 37.0 Å². The average molecular weight is 198 g/mol. The predicted molar refractivity (Wildman–Crippen MR) is 50.1 cm³/mol. The Hall–Kier alpha value is -1.00. The first-order chi connectivity index (χ1) is 6.56. The molecule has 0 unspecified atom stereocenters. The SMILES string of the molecule is [CH2][C@@](O)(C[C@@H](F)CO)c1cccnc1. The second kappa shape index (κ2) is 4.48. The largest absolute Gasteiger partial charge is 0.393 e. The maximum Gasteiger partial charge on any atom is 0.126 e. The fraction of sp³-hybridized carbons (Fsp3) is 0.400. The van der Waals surface area contributed by atoms with E-state index < -0.39 is 18.4 Å². The fourth-order valence-corrected chi connectivity index (χ4v) is 1.19. The molecule has 0 saturated carbocycles. The van der Waals surface area contributed by atoms with Gasteiger partial charge in [-0.25, -0.2) is 4.39 Å². The molecule has 0 aliphatic rings. The van der Waals surface area contributed by atoms with Crippen LogP contribution in [0.25, 0.3) is 0 Å². The van der Waals surface area contributed by atoms with E-state index in [0.717, 1.165) is 0 Å². The Kier molecular flexibility index (Phi) is 3.55. The first-order valence-electron chi connectivity index (χ1n) is 4.29. The normalized spacial score (nSPS) is 17.4. The van der Waals surface area contributed by atoms with Crippen LogP contribution in [0, 0.1) is 6.92 Å². The summed E-state index contributed by atoms with van der Waals surface area (Å²) in [4.78, 5) is 3.80. The van der Waals surface area contributed by atoms with Crippen LogP contribution in [0.5, 0.6) is 0 Å². The molecule has 0 aromatic carbocycles. The molecule has 14 heavy (non-hydrogen) atoms. The zero-order valence-electron chi connectivity index (χ0n) is 7.73. The summed E-state index contributed by atoms with van der Waals surface area (Å²) in [6.07, 6.45) is 1.27. The van der Waals surface area contributed by atoms with E-state index >= 15 is 0 Å². The van der Waals surface area contributed by atoms with Crippen LogP contribution in [0.1, 0.15) is 12.0 Å². The molecule has 0 bridgehead atoms. The fourth-order valence-electron chi connectivity index (χ4n) is 1.19. The minimum Gasteiger partial charge on any atom is -0.393 e. The Labute approximate surface area is 82.2 Å². The van der Waals surface area contributed by atoms with E-state index in [0.29, 0.717) is 5.56 Å². The summed E-state index contributed by atoms with van der Waals surface area (Å²) in [6.45, 7) is 2.88. The van der Waals surface area contributed by atoms with Crippen LogP contribution >= 0.6 is 0 Å². The molecule has 2 N–H and O–H groups in total. The van der Waals surface area contributed by atoms with Crippen LogP contribution in [-0.2, 0) is 5.60 Å². The zero-order valence-corrected chi connectivity index (χ0v) is 7.73. The van der Waals surface area contributed by atoms with Gasteiger partial charge in [0.05, 0.1) is 12.2 Å². The summed E-state index contributed by atoms with van der Waals surface area (Å²) in [5.41, 5.74) is -1.09. The van der Waals surface area contributed by atoms with Crippen LogP contribution < -0.4 is 0 Å². The van der Waals surface area contributed by atoms with Crippen molar-refractivity contribution in [2.24, 2.45) is 0 Å². The third-order valence-electron chi connectivity index (χ3n) is 1.96. The topological polar surface area (TPSA) is 53.4 Å². The lowest BCUT2D eigenvalue weighted by Gasteiger charge is -2.24. The van der Waals surface area contributed by atoms with Crippen molar-refractivity contribution in [1.29, 1.82) is 0 Å². The maximum absolute atomic E-state index is 12.8. The second-order valence-electron chi connectivity index (χ2n) is 3.26. The number of aliphatic hydroxyl groups is 2. The van der Waals surface area contributed by atoms with E-state index in [4.69, 9.17) is 5.11 Å². The van der Waals surface area contributed by atoms with Crippen molar-refractivity contribution in [3.8, 4) is 0 Å². The minimum absolute atomic E-state index is 0.241. The zero-order chi connectivity index (χ0) is 10.6. The van der Waals surface area contributed by atoms with Crippen LogP contribution in [-0.4, -0.2) is 28.0 Å². The molecule has 0 amide bonds. The second-order valence-corrected chi connectivity index (χ2v) is 3.26. The Morgan fingerprint density at radius 3 is 2.86 bits per heavy atom. The quantitative estimate of drug-likeness (QED) is 0.753. The summed E-state index contributed by atoms with van der Waals surface area (Å²) in [7, 11) is 0. The third kappa shape index (κ3) is 2.75. The molecule has 0 fully saturated rings. The summed E-state index contributed by atoms with van der Waals surface area (Å²) in [6, 6.07) is 3.25. The van der Waals surface area contributed by atoms with Gasteiger partial charge < -0.3 is 10.2 Å². The highest BCUT2D eigenvalue weighted by Crippen LogP contribution is 2.25. The molecule has 0 aliphatic carbocycles. The minimum atomic E-state index is -1.53. The number of aliphatic hydroxyl groups excluding tert-OH is 1. The predicted octanol–water partition coefficient (Wildman–Crippen LogP) is 0.824. The van der Waals surface area contributed by atoms with Crippen LogP contribution in [0.2, 0.25) is 0 Å². The molecule has 77 valence electrons. The third-order valence-corrected chi connectivity index (χ3v) is 1.96. The van der Waals surface area contributed by atoms with E-state index in [1.165, 1.54) is 6.20 Å². The molecule has 0 aliphatic heterocycles. The Bertz CT molecular complexity index is 277. The average Bonchev–Trinajstić information content (AvgIpc) is 2.18. The first-order valence-corrected chi connectivity index (χ1v) is 4.29. The van der Waals surface area contributed by atoms with Crippen molar-refractivity contribution in [2.75, 3.05) is 6.61 Å². The monoisotopic (exact) mass is 198 g/mol. The van der Waals surface area contributed by atoms with Gasteiger partial charge in [-0.2, -0.15) is 0 Å². The van der Waals surface area contributed by atoms with Crippen LogP contribution in [0.3, 0.4) is 0 Å². The van der Waals surface area contributed by atoms with Gasteiger partial charge in [-0.1, -0.05) is 6.07 Å². The number of pyridine rings is 1. The van der Waals surface area contributed by atoms with Crippen molar-refractivity contribution in [1.82, 2.24) is 4.98 Å². The molecule has 3 nitrogen and oxygen atoms in total. The van der Waals surface area contributed by atoms with E-state index in [1.807, 2.05) is 0 Å². The standard InChI is InChI=1S/C10H13FNO2/c1-10(14,5-9(11)7-13)8-3-2-4-12-6-8/h2-4,6,9,13-14H,1,5,7H2/t9-,10-/m1/s1. The smallest absolute Gasteiger partial charge is 0.126 e.